The number of aliphatic hydroxyl groups excluding tert-OH is 1. The molecule has 5 heteroatoms. The van der Waals surface area contributed by atoms with Crippen LogP contribution in [-0.2, 0) is 6.54 Å². The zero-order valence-corrected chi connectivity index (χ0v) is 14.1. The second-order valence-corrected chi connectivity index (χ2v) is 5.52. The Hall–Kier alpha value is -1.75. The van der Waals surface area contributed by atoms with E-state index in [1.165, 1.54) is 0 Å². The van der Waals surface area contributed by atoms with Gasteiger partial charge in [-0.1, -0.05) is 29.8 Å². The summed E-state index contributed by atoms with van der Waals surface area (Å²) in [5.74, 6) is 1.44. The lowest BCUT2D eigenvalue weighted by Crippen LogP contribution is -2.24. The van der Waals surface area contributed by atoms with Gasteiger partial charge in [-0.3, -0.25) is 0 Å². The van der Waals surface area contributed by atoms with Gasteiger partial charge < -0.3 is 19.9 Å². The van der Waals surface area contributed by atoms with E-state index in [9.17, 15) is 5.11 Å². The first-order valence-corrected chi connectivity index (χ1v) is 7.95. The third-order valence-electron chi connectivity index (χ3n) is 3.54. The van der Waals surface area contributed by atoms with Crippen LogP contribution in [0.25, 0.3) is 0 Å². The van der Waals surface area contributed by atoms with Crippen molar-refractivity contribution in [2.75, 3.05) is 20.3 Å². The third-order valence-corrected chi connectivity index (χ3v) is 3.79. The van der Waals surface area contributed by atoms with Gasteiger partial charge in [0.1, 0.15) is 0 Å². The molecule has 0 fully saturated rings. The Morgan fingerprint density at radius 2 is 1.87 bits per heavy atom. The molecule has 0 heterocycles. The van der Waals surface area contributed by atoms with Crippen LogP contribution in [-0.4, -0.2) is 25.4 Å². The number of nitrogens with one attached hydrogen (secondary N) is 1. The minimum Gasteiger partial charge on any atom is -0.493 e. The molecule has 124 valence electrons. The van der Waals surface area contributed by atoms with Gasteiger partial charge in [0.25, 0.3) is 0 Å². The van der Waals surface area contributed by atoms with E-state index in [1.54, 1.807) is 7.11 Å². The summed E-state index contributed by atoms with van der Waals surface area (Å²) in [5.41, 5.74) is 2.05. The van der Waals surface area contributed by atoms with Crippen LogP contribution < -0.4 is 14.8 Å². The predicted molar refractivity (Wildman–Crippen MR) is 92.3 cm³/mol. The van der Waals surface area contributed by atoms with Crippen LogP contribution in [0.4, 0.5) is 0 Å². The molecule has 0 saturated heterocycles. The van der Waals surface area contributed by atoms with Crippen LogP contribution in [0.15, 0.2) is 42.5 Å². The topological polar surface area (TPSA) is 50.7 Å². The zero-order chi connectivity index (χ0) is 16.7. The highest BCUT2D eigenvalue weighted by Gasteiger charge is 2.11. The van der Waals surface area contributed by atoms with Crippen LogP contribution in [0, 0.1) is 0 Å². The first-order valence-electron chi connectivity index (χ1n) is 7.57. The van der Waals surface area contributed by atoms with Crippen LogP contribution in [0.1, 0.15) is 24.1 Å². The molecule has 2 aromatic rings. The van der Waals surface area contributed by atoms with E-state index < -0.39 is 0 Å². The monoisotopic (exact) mass is 335 g/mol. The molecule has 2 N–H and O–H groups in total. The molecule has 0 aliphatic heterocycles. The van der Waals surface area contributed by atoms with E-state index >= 15 is 0 Å². The van der Waals surface area contributed by atoms with Gasteiger partial charge >= 0.3 is 0 Å². The minimum absolute atomic E-state index is 0.0100. The zero-order valence-electron chi connectivity index (χ0n) is 13.4. The molecule has 2 rings (SSSR count). The number of benzene rings is 2. The quantitative estimate of drug-likeness (QED) is 0.774. The lowest BCUT2D eigenvalue weighted by Gasteiger charge is -2.18. The number of halogens is 1. The van der Waals surface area contributed by atoms with E-state index in [-0.39, 0.29) is 12.6 Å². The standard InChI is InChI=1S/C18H22ClNO3/c1-3-23-18-10-13(4-9-17(18)22-2)11-20-16(12-21)14-5-7-15(19)8-6-14/h4-10,16,20-21H,3,11-12H2,1-2H3. The average molecular weight is 336 g/mol. The van der Waals surface area contributed by atoms with Crippen molar-refractivity contribution < 1.29 is 14.6 Å². The molecule has 0 saturated carbocycles. The van der Waals surface area contributed by atoms with Gasteiger partial charge in [-0.25, -0.2) is 0 Å². The Labute approximate surface area is 142 Å². The fourth-order valence-electron chi connectivity index (χ4n) is 2.32. The van der Waals surface area contributed by atoms with Crippen molar-refractivity contribution in [1.29, 1.82) is 0 Å². The SMILES string of the molecule is CCOc1cc(CNC(CO)c2ccc(Cl)cc2)ccc1OC. The highest BCUT2D eigenvalue weighted by molar-refractivity contribution is 6.30. The number of aliphatic hydroxyl groups is 1. The average Bonchev–Trinajstić information content (AvgIpc) is 2.57. The molecule has 0 aliphatic carbocycles. The summed E-state index contributed by atoms with van der Waals surface area (Å²) in [6.45, 7) is 3.14. The second kappa shape index (κ2) is 8.77. The maximum Gasteiger partial charge on any atom is 0.161 e. The smallest absolute Gasteiger partial charge is 0.161 e. The second-order valence-electron chi connectivity index (χ2n) is 5.09. The Balaban J connectivity index is 2.06. The van der Waals surface area contributed by atoms with Gasteiger partial charge in [0.05, 0.1) is 26.4 Å². The van der Waals surface area contributed by atoms with Crippen molar-refractivity contribution in [2.45, 2.75) is 19.5 Å². The lowest BCUT2D eigenvalue weighted by molar-refractivity contribution is 0.243. The summed E-state index contributed by atoms with van der Waals surface area (Å²) in [6.07, 6.45) is 0. The van der Waals surface area contributed by atoms with Crippen molar-refractivity contribution in [3.05, 3.63) is 58.6 Å². The van der Waals surface area contributed by atoms with E-state index in [0.717, 1.165) is 16.9 Å². The molecule has 4 nitrogen and oxygen atoms in total. The molecule has 0 aromatic heterocycles. The molecule has 0 bridgehead atoms. The summed E-state index contributed by atoms with van der Waals surface area (Å²) >= 11 is 5.90. The van der Waals surface area contributed by atoms with Crippen molar-refractivity contribution >= 4 is 11.6 Å². The fraction of sp³-hybridized carbons (Fsp3) is 0.333. The number of methoxy groups -OCH3 is 1. The molecular weight excluding hydrogens is 314 g/mol. The largest absolute Gasteiger partial charge is 0.493 e. The summed E-state index contributed by atoms with van der Waals surface area (Å²) in [7, 11) is 1.62. The van der Waals surface area contributed by atoms with E-state index in [0.29, 0.717) is 23.9 Å². The van der Waals surface area contributed by atoms with Crippen LogP contribution in [0.3, 0.4) is 0 Å². The van der Waals surface area contributed by atoms with E-state index in [1.807, 2.05) is 49.4 Å². The summed E-state index contributed by atoms with van der Waals surface area (Å²) in [5, 5.41) is 13.6. The highest BCUT2D eigenvalue weighted by atomic mass is 35.5. The van der Waals surface area contributed by atoms with E-state index in [4.69, 9.17) is 21.1 Å². The fourth-order valence-corrected chi connectivity index (χ4v) is 2.45. The maximum absolute atomic E-state index is 9.61. The van der Waals surface area contributed by atoms with Gasteiger partial charge in [0.2, 0.25) is 0 Å². The van der Waals surface area contributed by atoms with Gasteiger partial charge in [-0.2, -0.15) is 0 Å². The molecule has 0 spiro atoms. The molecule has 0 amide bonds. The first-order chi connectivity index (χ1) is 11.2. The third kappa shape index (κ3) is 4.86. The van der Waals surface area contributed by atoms with Crippen molar-refractivity contribution in [2.24, 2.45) is 0 Å². The van der Waals surface area contributed by atoms with Crippen LogP contribution in [0.2, 0.25) is 5.02 Å². The Kier molecular flexibility index (Phi) is 6.71. The number of ether oxygens (including phenoxy) is 2. The Morgan fingerprint density at radius 3 is 2.48 bits per heavy atom. The van der Waals surface area contributed by atoms with Crippen molar-refractivity contribution in [3.63, 3.8) is 0 Å². The maximum atomic E-state index is 9.61. The van der Waals surface area contributed by atoms with Gasteiger partial charge in [0, 0.05) is 11.6 Å². The van der Waals surface area contributed by atoms with Gasteiger partial charge in [-0.15, -0.1) is 0 Å². The van der Waals surface area contributed by atoms with Gasteiger partial charge in [0.15, 0.2) is 11.5 Å². The Bertz CT molecular complexity index is 616. The molecule has 0 aliphatic rings. The molecule has 0 radical (unpaired) electrons. The molecular formula is C18H22ClNO3. The highest BCUT2D eigenvalue weighted by Crippen LogP contribution is 2.28. The minimum atomic E-state index is -0.148. The lowest BCUT2D eigenvalue weighted by atomic mass is 10.1. The Morgan fingerprint density at radius 1 is 1.13 bits per heavy atom. The number of rotatable bonds is 8. The molecule has 1 atom stereocenters. The van der Waals surface area contributed by atoms with Gasteiger partial charge in [-0.05, 0) is 42.3 Å². The molecule has 1 unspecified atom stereocenters. The predicted octanol–water partition coefficient (Wildman–Crippen LogP) is 3.57. The normalized spacial score (nSPS) is 12.0. The van der Waals surface area contributed by atoms with Crippen LogP contribution in [0.5, 0.6) is 11.5 Å². The van der Waals surface area contributed by atoms with Crippen LogP contribution >= 0.6 is 11.6 Å². The molecule has 23 heavy (non-hydrogen) atoms. The summed E-state index contributed by atoms with van der Waals surface area (Å²) in [6, 6.07) is 13.1. The van der Waals surface area contributed by atoms with Crippen molar-refractivity contribution in [1.82, 2.24) is 5.32 Å². The number of hydrogen-bond acceptors (Lipinski definition) is 4. The number of hydrogen-bond donors (Lipinski definition) is 2. The van der Waals surface area contributed by atoms with E-state index in [2.05, 4.69) is 5.32 Å². The summed E-state index contributed by atoms with van der Waals surface area (Å²) < 4.78 is 10.9. The first kappa shape index (κ1) is 17.6. The van der Waals surface area contributed by atoms with Crippen molar-refractivity contribution in [3.8, 4) is 11.5 Å². The molecule has 2 aromatic carbocycles. The summed E-state index contributed by atoms with van der Waals surface area (Å²) in [4.78, 5) is 0.